The first-order valence-electron chi connectivity index (χ1n) is 6.13. The van der Waals surface area contributed by atoms with Crippen LogP contribution in [0.5, 0.6) is 0 Å². The summed E-state index contributed by atoms with van der Waals surface area (Å²) in [5.41, 5.74) is 7.48. The molecule has 1 amide bonds. The van der Waals surface area contributed by atoms with Gasteiger partial charge in [-0.3, -0.25) is 4.79 Å². The number of ether oxygens (including phenoxy) is 1. The molecule has 0 aliphatic rings. The van der Waals surface area contributed by atoms with Gasteiger partial charge >= 0.3 is 0 Å². The van der Waals surface area contributed by atoms with E-state index in [1.807, 2.05) is 38.1 Å². The number of rotatable bonds is 5. The average molecular weight is 250 g/mol. The number of methoxy groups -OCH3 is 1. The molecule has 0 fully saturated rings. The number of carbonyl (C=O) groups excluding carboxylic acids is 1. The number of anilines is 1. The van der Waals surface area contributed by atoms with Crippen molar-refractivity contribution in [2.45, 2.75) is 39.5 Å². The van der Waals surface area contributed by atoms with Crippen LogP contribution in [0.1, 0.15) is 26.3 Å². The van der Waals surface area contributed by atoms with Crippen LogP contribution >= 0.6 is 0 Å². The minimum absolute atomic E-state index is 0.00470. The third-order valence-electron chi connectivity index (χ3n) is 2.91. The van der Waals surface area contributed by atoms with E-state index in [0.29, 0.717) is 12.2 Å². The Morgan fingerprint density at radius 2 is 2.06 bits per heavy atom. The predicted octanol–water partition coefficient (Wildman–Crippen LogP) is 2.04. The van der Waals surface area contributed by atoms with Crippen LogP contribution in [0.25, 0.3) is 0 Å². The van der Waals surface area contributed by atoms with Crippen LogP contribution in [0.2, 0.25) is 0 Å². The van der Waals surface area contributed by atoms with Gasteiger partial charge < -0.3 is 15.4 Å². The first-order chi connectivity index (χ1) is 8.45. The number of amides is 1. The van der Waals surface area contributed by atoms with Gasteiger partial charge in [-0.05, 0) is 38.5 Å². The number of nitrogen functional groups attached to an aromatic ring is 1. The van der Waals surface area contributed by atoms with Crippen molar-refractivity contribution >= 4 is 11.6 Å². The van der Waals surface area contributed by atoms with Gasteiger partial charge in [0.1, 0.15) is 6.10 Å². The van der Waals surface area contributed by atoms with Crippen molar-refractivity contribution in [2.75, 3.05) is 12.8 Å². The molecule has 0 radical (unpaired) electrons. The van der Waals surface area contributed by atoms with E-state index < -0.39 is 6.10 Å². The van der Waals surface area contributed by atoms with Gasteiger partial charge in [0, 0.05) is 25.4 Å². The fourth-order valence-electron chi connectivity index (χ4n) is 1.74. The van der Waals surface area contributed by atoms with E-state index >= 15 is 0 Å². The summed E-state index contributed by atoms with van der Waals surface area (Å²) in [6.45, 7) is 6.30. The van der Waals surface area contributed by atoms with E-state index in [9.17, 15) is 4.79 Å². The van der Waals surface area contributed by atoms with Crippen molar-refractivity contribution in [3.05, 3.63) is 29.8 Å². The lowest BCUT2D eigenvalue weighted by atomic mass is 10.1. The molecule has 0 saturated carbocycles. The first-order valence-corrected chi connectivity index (χ1v) is 6.13. The molecule has 0 bridgehead atoms. The molecule has 0 heterocycles. The molecule has 100 valence electrons. The van der Waals surface area contributed by atoms with Crippen LogP contribution < -0.4 is 5.73 Å². The Bertz CT molecular complexity index is 405. The van der Waals surface area contributed by atoms with Crippen LogP contribution in [0, 0.1) is 0 Å². The van der Waals surface area contributed by atoms with Gasteiger partial charge in [0.05, 0.1) is 0 Å². The van der Waals surface area contributed by atoms with Crippen molar-refractivity contribution in [3.8, 4) is 0 Å². The van der Waals surface area contributed by atoms with Crippen molar-refractivity contribution in [1.82, 2.24) is 4.90 Å². The number of nitrogens with two attached hydrogens (primary N) is 1. The molecule has 1 unspecified atom stereocenters. The standard InChI is InChI=1S/C14H22N2O2/c1-10(2)16(14(17)11(3)18-4)9-12-6-5-7-13(15)8-12/h5-8,10-11H,9,15H2,1-4H3. The lowest BCUT2D eigenvalue weighted by Crippen LogP contribution is -2.42. The van der Waals surface area contributed by atoms with Gasteiger partial charge in [0.25, 0.3) is 5.91 Å². The van der Waals surface area contributed by atoms with Crippen molar-refractivity contribution in [1.29, 1.82) is 0 Å². The number of hydrogen-bond acceptors (Lipinski definition) is 3. The fourth-order valence-corrected chi connectivity index (χ4v) is 1.74. The summed E-state index contributed by atoms with van der Waals surface area (Å²) in [7, 11) is 1.54. The number of hydrogen-bond donors (Lipinski definition) is 1. The number of carbonyl (C=O) groups is 1. The minimum Gasteiger partial charge on any atom is -0.399 e. The minimum atomic E-state index is -0.423. The SMILES string of the molecule is COC(C)C(=O)N(Cc1cccc(N)c1)C(C)C. The van der Waals surface area contributed by atoms with E-state index in [0.717, 1.165) is 5.56 Å². The second-order valence-electron chi connectivity index (χ2n) is 4.68. The molecule has 1 aromatic carbocycles. The maximum absolute atomic E-state index is 12.2. The molecular formula is C14H22N2O2. The molecule has 4 nitrogen and oxygen atoms in total. The zero-order valence-electron chi connectivity index (χ0n) is 11.5. The van der Waals surface area contributed by atoms with Crippen LogP contribution in [0.4, 0.5) is 5.69 Å². The van der Waals surface area contributed by atoms with Crippen LogP contribution in [-0.2, 0) is 16.1 Å². The Labute approximate surface area is 109 Å². The Balaban J connectivity index is 2.84. The van der Waals surface area contributed by atoms with E-state index in [4.69, 9.17) is 10.5 Å². The van der Waals surface area contributed by atoms with Crippen LogP contribution in [-0.4, -0.2) is 30.1 Å². The van der Waals surface area contributed by atoms with Gasteiger partial charge in [-0.15, -0.1) is 0 Å². The summed E-state index contributed by atoms with van der Waals surface area (Å²) < 4.78 is 5.09. The number of nitrogens with zero attached hydrogens (tertiary/aromatic N) is 1. The molecule has 0 aliphatic heterocycles. The summed E-state index contributed by atoms with van der Waals surface area (Å²) in [4.78, 5) is 14.0. The van der Waals surface area contributed by atoms with Crippen molar-refractivity contribution < 1.29 is 9.53 Å². The van der Waals surface area contributed by atoms with Crippen molar-refractivity contribution in [3.63, 3.8) is 0 Å². The zero-order valence-corrected chi connectivity index (χ0v) is 11.5. The van der Waals surface area contributed by atoms with E-state index in [2.05, 4.69) is 0 Å². The second-order valence-corrected chi connectivity index (χ2v) is 4.68. The normalized spacial score (nSPS) is 12.5. The topological polar surface area (TPSA) is 55.6 Å². The zero-order chi connectivity index (χ0) is 13.7. The van der Waals surface area contributed by atoms with E-state index in [1.54, 1.807) is 18.9 Å². The van der Waals surface area contributed by atoms with Gasteiger partial charge in [0.15, 0.2) is 0 Å². The van der Waals surface area contributed by atoms with Gasteiger partial charge in [-0.2, -0.15) is 0 Å². The summed E-state index contributed by atoms with van der Waals surface area (Å²) >= 11 is 0. The molecule has 0 aliphatic carbocycles. The average Bonchev–Trinajstić information content (AvgIpc) is 2.34. The Kier molecular flexibility index (Phi) is 5.16. The molecule has 2 N–H and O–H groups in total. The van der Waals surface area contributed by atoms with E-state index in [1.165, 1.54) is 0 Å². The smallest absolute Gasteiger partial charge is 0.251 e. The van der Waals surface area contributed by atoms with Crippen LogP contribution in [0.3, 0.4) is 0 Å². The van der Waals surface area contributed by atoms with Gasteiger partial charge in [-0.25, -0.2) is 0 Å². The lowest BCUT2D eigenvalue weighted by molar-refractivity contribution is -0.143. The highest BCUT2D eigenvalue weighted by molar-refractivity contribution is 5.80. The molecule has 0 saturated heterocycles. The molecule has 0 spiro atoms. The summed E-state index contributed by atoms with van der Waals surface area (Å²) in [5, 5.41) is 0. The molecule has 1 atom stereocenters. The molecule has 1 rings (SSSR count). The van der Waals surface area contributed by atoms with Gasteiger partial charge in [-0.1, -0.05) is 12.1 Å². The highest BCUT2D eigenvalue weighted by Gasteiger charge is 2.22. The van der Waals surface area contributed by atoms with Gasteiger partial charge in [0.2, 0.25) is 0 Å². The third-order valence-corrected chi connectivity index (χ3v) is 2.91. The van der Waals surface area contributed by atoms with E-state index in [-0.39, 0.29) is 11.9 Å². The second kappa shape index (κ2) is 6.40. The molecule has 4 heteroatoms. The van der Waals surface area contributed by atoms with Crippen LogP contribution in [0.15, 0.2) is 24.3 Å². The summed E-state index contributed by atoms with van der Waals surface area (Å²) in [5.74, 6) is -0.00470. The lowest BCUT2D eigenvalue weighted by Gasteiger charge is -2.29. The third kappa shape index (κ3) is 3.74. The summed E-state index contributed by atoms with van der Waals surface area (Å²) in [6.07, 6.45) is -0.423. The molecular weight excluding hydrogens is 228 g/mol. The predicted molar refractivity (Wildman–Crippen MR) is 73.0 cm³/mol. The summed E-state index contributed by atoms with van der Waals surface area (Å²) in [6, 6.07) is 7.71. The maximum Gasteiger partial charge on any atom is 0.251 e. The number of benzene rings is 1. The monoisotopic (exact) mass is 250 g/mol. The molecule has 18 heavy (non-hydrogen) atoms. The quantitative estimate of drug-likeness (QED) is 0.814. The first kappa shape index (κ1) is 14.5. The largest absolute Gasteiger partial charge is 0.399 e. The molecule has 1 aromatic rings. The van der Waals surface area contributed by atoms with Crippen molar-refractivity contribution in [2.24, 2.45) is 0 Å². The highest BCUT2D eigenvalue weighted by Crippen LogP contribution is 2.13. The maximum atomic E-state index is 12.2. The fraction of sp³-hybridized carbons (Fsp3) is 0.500. The Morgan fingerprint density at radius 1 is 1.39 bits per heavy atom. The Hall–Kier alpha value is -1.55. The Morgan fingerprint density at radius 3 is 2.56 bits per heavy atom. The highest BCUT2D eigenvalue weighted by atomic mass is 16.5. The molecule has 0 aromatic heterocycles.